The molecule has 0 amide bonds. The van der Waals surface area contributed by atoms with E-state index in [0.717, 1.165) is 6.07 Å². The predicted molar refractivity (Wildman–Crippen MR) is 52.4 cm³/mol. The first kappa shape index (κ1) is 12.2. The molecule has 0 saturated carbocycles. The van der Waals surface area contributed by atoms with Crippen molar-refractivity contribution in [3.05, 3.63) is 47.7 Å². The molecule has 0 spiro atoms. The molecule has 0 radical (unpaired) electrons. The number of benzene rings is 1. The Bertz CT molecular complexity index is 445. The van der Waals surface area contributed by atoms with E-state index in [4.69, 9.17) is 0 Å². The minimum Gasteiger partial charge on any atom is -0.211 e. The van der Waals surface area contributed by atoms with Crippen molar-refractivity contribution in [3.8, 4) is 0 Å². The van der Waals surface area contributed by atoms with Crippen molar-refractivity contribution in [1.82, 2.24) is 0 Å². The average Bonchev–Trinajstić information content (AvgIpc) is 2.17. The smallest absolute Gasteiger partial charge is 0.211 e. The molecule has 0 N–H and O–H groups in total. The Hall–Kier alpha value is -1.87. The van der Waals surface area contributed by atoms with Gasteiger partial charge in [-0.25, -0.2) is 4.79 Å². The van der Waals surface area contributed by atoms with Crippen LogP contribution in [0.2, 0.25) is 0 Å². The standard InChI is InChI=1S/C11H8F3NO/c1-8(15-7-16)6-9-4-2-3-5-10(9)11(12,13)14/h2-5H,1,6H2. The molecule has 0 heterocycles. The van der Waals surface area contributed by atoms with Crippen molar-refractivity contribution in [1.29, 1.82) is 0 Å². The number of alkyl halides is 3. The fraction of sp³-hybridized carbons (Fsp3) is 0.182. The fourth-order valence-electron chi connectivity index (χ4n) is 1.27. The quantitative estimate of drug-likeness (QED) is 0.576. The van der Waals surface area contributed by atoms with Crippen molar-refractivity contribution >= 4 is 6.08 Å². The molecule has 16 heavy (non-hydrogen) atoms. The maximum atomic E-state index is 12.5. The van der Waals surface area contributed by atoms with Gasteiger partial charge in [-0.15, -0.1) is 0 Å². The van der Waals surface area contributed by atoms with Gasteiger partial charge in [0.15, 0.2) is 0 Å². The molecule has 0 fully saturated rings. The summed E-state index contributed by atoms with van der Waals surface area (Å²) in [4.78, 5) is 13.1. The van der Waals surface area contributed by atoms with E-state index in [9.17, 15) is 18.0 Å². The molecule has 0 aromatic heterocycles. The number of allylic oxidation sites excluding steroid dienone is 1. The van der Waals surface area contributed by atoms with Gasteiger partial charge in [-0.05, 0) is 11.6 Å². The first-order valence-corrected chi connectivity index (χ1v) is 4.36. The highest BCUT2D eigenvalue weighted by atomic mass is 19.4. The summed E-state index contributed by atoms with van der Waals surface area (Å²) in [7, 11) is 0. The van der Waals surface area contributed by atoms with Gasteiger partial charge >= 0.3 is 6.18 Å². The number of isocyanates is 1. The molecule has 1 aromatic carbocycles. The van der Waals surface area contributed by atoms with Gasteiger partial charge in [-0.3, -0.25) is 0 Å². The van der Waals surface area contributed by atoms with Crippen LogP contribution >= 0.6 is 0 Å². The highest BCUT2D eigenvalue weighted by Crippen LogP contribution is 2.32. The van der Waals surface area contributed by atoms with Crippen molar-refractivity contribution in [3.63, 3.8) is 0 Å². The molecule has 2 nitrogen and oxygen atoms in total. The summed E-state index contributed by atoms with van der Waals surface area (Å²) < 4.78 is 37.6. The summed E-state index contributed by atoms with van der Waals surface area (Å²) in [5.41, 5.74) is -0.650. The van der Waals surface area contributed by atoms with E-state index in [2.05, 4.69) is 11.6 Å². The molecule has 0 saturated heterocycles. The lowest BCUT2D eigenvalue weighted by Crippen LogP contribution is -2.09. The topological polar surface area (TPSA) is 29.4 Å². The van der Waals surface area contributed by atoms with Crippen LogP contribution in [0.1, 0.15) is 11.1 Å². The Morgan fingerprint density at radius 3 is 2.56 bits per heavy atom. The van der Waals surface area contributed by atoms with Crippen molar-refractivity contribution in [2.45, 2.75) is 12.6 Å². The largest absolute Gasteiger partial charge is 0.416 e. The second-order valence-electron chi connectivity index (χ2n) is 3.10. The van der Waals surface area contributed by atoms with E-state index in [-0.39, 0.29) is 17.7 Å². The highest BCUT2D eigenvalue weighted by Gasteiger charge is 2.32. The Morgan fingerprint density at radius 2 is 2.00 bits per heavy atom. The summed E-state index contributed by atoms with van der Waals surface area (Å²) in [5, 5.41) is 0. The lowest BCUT2D eigenvalue weighted by molar-refractivity contribution is -0.138. The fourth-order valence-corrected chi connectivity index (χ4v) is 1.27. The number of halogens is 3. The molecule has 0 unspecified atom stereocenters. The van der Waals surface area contributed by atoms with Crippen molar-refractivity contribution in [2.75, 3.05) is 0 Å². The lowest BCUT2D eigenvalue weighted by Gasteiger charge is -2.11. The minimum atomic E-state index is -4.41. The molecule has 0 aliphatic heterocycles. The van der Waals surface area contributed by atoms with Crippen molar-refractivity contribution in [2.24, 2.45) is 4.99 Å². The van der Waals surface area contributed by atoms with Crippen LogP contribution < -0.4 is 0 Å². The number of carbonyl (C=O) groups excluding carboxylic acids is 1. The van der Waals surface area contributed by atoms with E-state index in [1.807, 2.05) is 0 Å². The van der Waals surface area contributed by atoms with E-state index < -0.39 is 11.7 Å². The number of rotatable bonds is 3. The van der Waals surface area contributed by atoms with Crippen LogP contribution in [0.4, 0.5) is 13.2 Å². The normalized spacial score (nSPS) is 10.7. The predicted octanol–water partition coefficient (Wildman–Crippen LogP) is 3.10. The van der Waals surface area contributed by atoms with Crippen LogP contribution in [-0.2, 0) is 17.4 Å². The SMILES string of the molecule is C=C(Cc1ccccc1C(F)(F)F)N=C=O. The van der Waals surface area contributed by atoms with Gasteiger partial charge in [-0.1, -0.05) is 24.8 Å². The molecule has 0 aliphatic rings. The highest BCUT2D eigenvalue weighted by molar-refractivity contribution is 5.39. The number of nitrogens with zero attached hydrogens (tertiary/aromatic N) is 1. The molecule has 5 heteroatoms. The van der Waals surface area contributed by atoms with Crippen LogP contribution in [0.3, 0.4) is 0 Å². The third kappa shape index (κ3) is 3.07. The maximum absolute atomic E-state index is 12.5. The zero-order valence-electron chi connectivity index (χ0n) is 8.21. The van der Waals surface area contributed by atoms with Crippen LogP contribution in [-0.4, -0.2) is 6.08 Å². The summed E-state index contributed by atoms with van der Waals surface area (Å²) in [6, 6.07) is 5.10. The van der Waals surface area contributed by atoms with Crippen LogP contribution in [0.5, 0.6) is 0 Å². The molecule has 1 rings (SSSR count). The molecule has 1 aromatic rings. The van der Waals surface area contributed by atoms with E-state index in [1.54, 1.807) is 0 Å². The van der Waals surface area contributed by atoms with E-state index >= 15 is 0 Å². The van der Waals surface area contributed by atoms with Gasteiger partial charge in [-0.2, -0.15) is 18.2 Å². The summed E-state index contributed by atoms with van der Waals surface area (Å²) in [6.45, 7) is 3.37. The first-order chi connectivity index (χ1) is 7.45. The minimum absolute atomic E-state index is 0.0407. The Balaban J connectivity index is 3.05. The molecular weight excluding hydrogens is 219 g/mol. The van der Waals surface area contributed by atoms with E-state index in [1.165, 1.54) is 24.3 Å². The van der Waals surface area contributed by atoms with Gasteiger partial charge in [0.25, 0.3) is 0 Å². The average molecular weight is 227 g/mol. The van der Waals surface area contributed by atoms with Crippen LogP contribution in [0.25, 0.3) is 0 Å². The third-order valence-electron chi connectivity index (χ3n) is 1.92. The number of hydrogen-bond acceptors (Lipinski definition) is 2. The second kappa shape index (κ2) is 4.77. The molecule has 0 aliphatic carbocycles. The zero-order valence-corrected chi connectivity index (χ0v) is 8.21. The Kier molecular flexibility index (Phi) is 3.64. The number of aliphatic imine (C=N–C) groups is 1. The maximum Gasteiger partial charge on any atom is 0.416 e. The second-order valence-corrected chi connectivity index (χ2v) is 3.10. The van der Waals surface area contributed by atoms with Crippen molar-refractivity contribution < 1.29 is 18.0 Å². The van der Waals surface area contributed by atoms with Gasteiger partial charge in [0.1, 0.15) is 0 Å². The zero-order chi connectivity index (χ0) is 12.2. The molecule has 0 bridgehead atoms. The summed E-state index contributed by atoms with van der Waals surface area (Å²) in [6.07, 6.45) is -3.29. The molecule has 84 valence electrons. The third-order valence-corrected chi connectivity index (χ3v) is 1.92. The molecular formula is C11H8F3NO. The Morgan fingerprint density at radius 1 is 1.38 bits per heavy atom. The monoisotopic (exact) mass is 227 g/mol. The van der Waals surface area contributed by atoms with Gasteiger partial charge in [0.2, 0.25) is 6.08 Å². The van der Waals surface area contributed by atoms with Gasteiger partial charge < -0.3 is 0 Å². The van der Waals surface area contributed by atoms with Gasteiger partial charge in [0.05, 0.1) is 11.3 Å². The lowest BCUT2D eigenvalue weighted by atomic mass is 10.0. The molecule has 0 atom stereocenters. The number of hydrogen-bond donors (Lipinski definition) is 0. The van der Waals surface area contributed by atoms with E-state index in [0.29, 0.717) is 0 Å². The summed E-state index contributed by atoms with van der Waals surface area (Å²) >= 11 is 0. The van der Waals surface area contributed by atoms with Crippen LogP contribution in [0, 0.1) is 0 Å². The first-order valence-electron chi connectivity index (χ1n) is 4.36. The van der Waals surface area contributed by atoms with Crippen LogP contribution in [0.15, 0.2) is 41.5 Å². The Labute approximate surface area is 90.1 Å². The van der Waals surface area contributed by atoms with Gasteiger partial charge in [0, 0.05) is 6.42 Å². The summed E-state index contributed by atoms with van der Waals surface area (Å²) in [5.74, 6) is 0.